The third kappa shape index (κ3) is 6.95. The fourth-order valence-corrected chi connectivity index (χ4v) is 2.78. The number of alkyl halides is 4. The van der Waals surface area contributed by atoms with E-state index in [-0.39, 0.29) is 44.8 Å². The predicted molar refractivity (Wildman–Crippen MR) is 99.3 cm³/mol. The Morgan fingerprint density at radius 1 is 1.38 bits per heavy atom. The van der Waals surface area contributed by atoms with Crippen LogP contribution in [0.2, 0.25) is 0 Å². The molecule has 1 fully saturated rings. The summed E-state index contributed by atoms with van der Waals surface area (Å²) in [5.74, 6) is -1.15. The number of esters is 1. The molecule has 0 aromatic heterocycles. The number of halogens is 4. The first kappa shape index (κ1) is 23.0. The van der Waals surface area contributed by atoms with Crippen LogP contribution in [-0.2, 0) is 14.3 Å². The molecule has 2 aliphatic rings. The van der Waals surface area contributed by atoms with Crippen LogP contribution in [0.15, 0.2) is 16.8 Å². The number of rotatable bonds is 9. The van der Waals surface area contributed by atoms with Crippen molar-refractivity contribution in [2.75, 3.05) is 39.3 Å². The monoisotopic (exact) mass is 417 g/mol. The van der Waals surface area contributed by atoms with Crippen LogP contribution in [0.25, 0.3) is 0 Å². The second kappa shape index (κ2) is 9.99. The molecule has 2 aliphatic heterocycles. The van der Waals surface area contributed by atoms with Crippen LogP contribution < -0.4 is 5.32 Å². The standard InChI is InChI=1S/C17H22BF4N4O3/c1-2-29-15(28)3-5-23-14(27)10-26-16(18)13(17(20,21)22)7-12(24-26)4-6-25-8-11(19)9-25/h7,11H,2-6,8-10H2,1H3,(H,23,27). The van der Waals surface area contributed by atoms with Gasteiger partial charge in [0.2, 0.25) is 0 Å². The molecular weight excluding hydrogens is 395 g/mol. The van der Waals surface area contributed by atoms with Crippen molar-refractivity contribution in [2.45, 2.75) is 32.1 Å². The van der Waals surface area contributed by atoms with Crippen molar-refractivity contribution in [2.24, 2.45) is 5.10 Å². The Bertz CT molecular complexity index is 705. The molecule has 0 bridgehead atoms. The number of likely N-dealkylation sites (tertiary alicyclic amines) is 1. The first-order valence-corrected chi connectivity index (χ1v) is 9.15. The van der Waals surface area contributed by atoms with Gasteiger partial charge in [0, 0.05) is 0 Å². The molecule has 0 atom stereocenters. The predicted octanol–water partition coefficient (Wildman–Crippen LogP) is 0.558. The second-order valence-electron chi connectivity index (χ2n) is 6.60. The SMILES string of the molecule is [B]=C1C(C(F)(F)F)=CC(CCN2CC(F)C2)=NN1CC(=O)NCCC(=O)OCC. The van der Waals surface area contributed by atoms with E-state index in [9.17, 15) is 27.2 Å². The van der Waals surface area contributed by atoms with Crippen molar-refractivity contribution in [1.29, 1.82) is 0 Å². The van der Waals surface area contributed by atoms with Crippen molar-refractivity contribution in [3.63, 3.8) is 0 Å². The summed E-state index contributed by atoms with van der Waals surface area (Å²) in [6.45, 7) is 2.11. The molecule has 0 aliphatic carbocycles. The van der Waals surface area contributed by atoms with Gasteiger partial charge in [-0.15, -0.1) is 0 Å². The minimum atomic E-state index is -4.72. The third-order valence-corrected chi connectivity index (χ3v) is 4.27. The van der Waals surface area contributed by atoms with Crippen molar-refractivity contribution in [1.82, 2.24) is 15.2 Å². The van der Waals surface area contributed by atoms with Crippen LogP contribution in [0.3, 0.4) is 0 Å². The molecule has 0 aromatic carbocycles. The number of ether oxygens (including phenoxy) is 1. The molecule has 1 amide bonds. The summed E-state index contributed by atoms with van der Waals surface area (Å²) in [5.41, 5.74) is -1.68. The number of carbonyl (C=O) groups excluding carboxylic acids is 2. The summed E-state index contributed by atoms with van der Waals surface area (Å²) in [6.07, 6.45) is -4.70. The van der Waals surface area contributed by atoms with E-state index in [0.29, 0.717) is 6.54 Å². The van der Waals surface area contributed by atoms with E-state index >= 15 is 0 Å². The summed E-state index contributed by atoms with van der Waals surface area (Å²) >= 11 is 0. The number of nitrogens with zero attached hydrogens (tertiary/aromatic N) is 3. The summed E-state index contributed by atoms with van der Waals surface area (Å²) in [7, 11) is 5.58. The number of allylic oxidation sites excluding steroid dienone is 1. The van der Waals surface area contributed by atoms with Crippen LogP contribution in [0.5, 0.6) is 0 Å². The van der Waals surface area contributed by atoms with Crippen LogP contribution in [0, 0.1) is 0 Å². The van der Waals surface area contributed by atoms with Gasteiger partial charge in [-0.1, -0.05) is 0 Å². The van der Waals surface area contributed by atoms with Crippen molar-refractivity contribution >= 4 is 30.7 Å². The Kier molecular flexibility index (Phi) is 7.94. The number of nitrogens with one attached hydrogen (secondary N) is 1. The maximum absolute atomic E-state index is 13.3. The van der Waals surface area contributed by atoms with Gasteiger partial charge in [0.25, 0.3) is 0 Å². The zero-order chi connectivity index (χ0) is 21.6. The Morgan fingerprint density at radius 3 is 2.66 bits per heavy atom. The molecule has 0 aromatic rings. The topological polar surface area (TPSA) is 74.2 Å². The molecule has 1 radical (unpaired) electrons. The van der Waals surface area contributed by atoms with Gasteiger partial charge in [0.05, 0.1) is 0 Å². The van der Waals surface area contributed by atoms with Crippen LogP contribution in [0.4, 0.5) is 17.6 Å². The van der Waals surface area contributed by atoms with Crippen molar-refractivity contribution < 1.29 is 31.9 Å². The zero-order valence-electron chi connectivity index (χ0n) is 16.0. The van der Waals surface area contributed by atoms with E-state index in [1.807, 2.05) is 0 Å². The average molecular weight is 417 g/mol. The van der Waals surface area contributed by atoms with E-state index < -0.39 is 41.9 Å². The molecule has 0 unspecified atom stereocenters. The molecule has 0 spiro atoms. The Balaban J connectivity index is 1.96. The molecule has 1 N–H and O–H groups in total. The van der Waals surface area contributed by atoms with Crippen LogP contribution >= 0.6 is 0 Å². The average Bonchev–Trinajstić information content (AvgIpc) is 2.59. The van der Waals surface area contributed by atoms with Gasteiger partial charge in [0.1, 0.15) is 0 Å². The van der Waals surface area contributed by atoms with E-state index in [0.717, 1.165) is 11.1 Å². The van der Waals surface area contributed by atoms with E-state index in [1.165, 1.54) is 0 Å². The molecule has 159 valence electrons. The van der Waals surface area contributed by atoms with E-state index in [2.05, 4.69) is 10.4 Å². The van der Waals surface area contributed by atoms with Gasteiger partial charge < -0.3 is 0 Å². The van der Waals surface area contributed by atoms with Gasteiger partial charge in [-0.05, 0) is 0 Å². The van der Waals surface area contributed by atoms with Gasteiger partial charge in [0.15, 0.2) is 0 Å². The van der Waals surface area contributed by atoms with Crippen LogP contribution in [-0.4, -0.2) is 92.3 Å². The first-order valence-electron chi connectivity index (χ1n) is 9.15. The van der Waals surface area contributed by atoms with E-state index in [4.69, 9.17) is 12.2 Å². The first-order chi connectivity index (χ1) is 13.6. The number of carbonyl (C=O) groups is 2. The summed E-state index contributed by atoms with van der Waals surface area (Å²) in [6, 6.07) is 0. The molecule has 29 heavy (non-hydrogen) atoms. The Labute approximate surface area is 166 Å². The number of hydrogen-bond donors (Lipinski definition) is 1. The normalized spacial score (nSPS) is 18.1. The Hall–Kier alpha value is -2.24. The maximum atomic E-state index is 13.3. The third-order valence-electron chi connectivity index (χ3n) is 4.27. The summed E-state index contributed by atoms with van der Waals surface area (Å²) in [5, 5.41) is 7.22. The van der Waals surface area contributed by atoms with Gasteiger partial charge in [-0.2, -0.15) is 0 Å². The minimum absolute atomic E-state index is 0.0245. The quantitative estimate of drug-likeness (QED) is 0.337. The van der Waals surface area contributed by atoms with E-state index in [1.54, 1.807) is 11.8 Å². The molecule has 2 heterocycles. The number of hydrazone groups is 1. The molecule has 1 saturated heterocycles. The molecule has 2 rings (SSSR count). The van der Waals surface area contributed by atoms with Gasteiger partial charge >= 0.3 is 166 Å². The molecule has 7 nitrogen and oxygen atoms in total. The molecular formula is C17H22BF4N4O3. The fraction of sp³-hybridized carbons (Fsp3) is 0.647. The number of amides is 1. The summed E-state index contributed by atoms with van der Waals surface area (Å²) < 4.78 is 57.5. The second-order valence-corrected chi connectivity index (χ2v) is 6.60. The summed E-state index contributed by atoms with van der Waals surface area (Å²) in [4.78, 5) is 25.0. The molecule has 12 heteroatoms. The van der Waals surface area contributed by atoms with Crippen molar-refractivity contribution in [3.8, 4) is 0 Å². The van der Waals surface area contributed by atoms with Crippen LogP contribution in [0.1, 0.15) is 19.8 Å². The molecule has 0 saturated carbocycles. The van der Waals surface area contributed by atoms with Gasteiger partial charge in [-0.3, -0.25) is 0 Å². The zero-order valence-corrected chi connectivity index (χ0v) is 16.0. The fourth-order valence-electron chi connectivity index (χ4n) is 2.78. The number of hydrogen-bond acceptors (Lipinski definition) is 6. The van der Waals surface area contributed by atoms with Gasteiger partial charge in [-0.25, -0.2) is 0 Å². The van der Waals surface area contributed by atoms with Crippen molar-refractivity contribution in [3.05, 3.63) is 11.6 Å². The Morgan fingerprint density at radius 2 is 2.07 bits per heavy atom.